The Balaban J connectivity index is 2.19. The van der Waals surface area contributed by atoms with E-state index in [-0.39, 0.29) is 6.04 Å². The lowest BCUT2D eigenvalue weighted by atomic mass is 10.2. The summed E-state index contributed by atoms with van der Waals surface area (Å²) in [6.07, 6.45) is 2.26. The van der Waals surface area contributed by atoms with Gasteiger partial charge in [0.05, 0.1) is 6.04 Å². The molecule has 3 N–H and O–H groups in total. The molecule has 0 aliphatic heterocycles. The molecule has 2 aromatic rings. The minimum atomic E-state index is 0.0530. The molecule has 0 aliphatic carbocycles. The molecule has 0 aromatic carbocycles. The van der Waals surface area contributed by atoms with Gasteiger partial charge in [0.1, 0.15) is 12.2 Å². The van der Waals surface area contributed by atoms with Crippen molar-refractivity contribution in [2.45, 2.75) is 12.5 Å². The molecule has 2 rings (SSSR count). The largest absolute Gasteiger partial charge is 0.271 e. The Kier molecular flexibility index (Phi) is 3.70. The van der Waals surface area contributed by atoms with E-state index in [9.17, 15) is 0 Å². The van der Waals surface area contributed by atoms with Gasteiger partial charge in [0.25, 0.3) is 0 Å². The maximum Gasteiger partial charge on any atom is 0.138 e. The van der Waals surface area contributed by atoms with Crippen molar-refractivity contribution in [2.24, 2.45) is 12.9 Å². The smallest absolute Gasteiger partial charge is 0.138 e. The molecular formula is C9H12BrN5S. The molecule has 0 saturated heterocycles. The lowest BCUT2D eigenvalue weighted by Crippen LogP contribution is -2.30. The number of hydrogen-bond donors (Lipinski definition) is 2. The summed E-state index contributed by atoms with van der Waals surface area (Å²) >= 11 is 5.17. The van der Waals surface area contributed by atoms with Gasteiger partial charge in [-0.05, 0) is 27.4 Å². The third kappa shape index (κ3) is 2.32. The fourth-order valence-electron chi connectivity index (χ4n) is 1.47. The SMILES string of the molecule is Cn1ncnc1CC(NN)c1sccc1Br. The number of rotatable bonds is 4. The molecule has 2 heterocycles. The van der Waals surface area contributed by atoms with Crippen LogP contribution in [-0.2, 0) is 13.5 Å². The van der Waals surface area contributed by atoms with E-state index in [1.165, 1.54) is 4.88 Å². The molecule has 0 bridgehead atoms. The first-order chi connectivity index (χ1) is 7.72. The highest BCUT2D eigenvalue weighted by Gasteiger charge is 2.17. The number of nitrogens with zero attached hydrogens (tertiary/aromatic N) is 3. The average molecular weight is 302 g/mol. The first kappa shape index (κ1) is 11.7. The van der Waals surface area contributed by atoms with Crippen molar-refractivity contribution >= 4 is 27.3 Å². The van der Waals surface area contributed by atoms with E-state index in [1.807, 2.05) is 18.5 Å². The summed E-state index contributed by atoms with van der Waals surface area (Å²) < 4.78 is 2.83. The Morgan fingerprint density at radius 3 is 3.00 bits per heavy atom. The summed E-state index contributed by atoms with van der Waals surface area (Å²) in [4.78, 5) is 5.36. The van der Waals surface area contributed by atoms with Gasteiger partial charge in [-0.1, -0.05) is 0 Å². The second-order valence-electron chi connectivity index (χ2n) is 3.36. The molecular weight excluding hydrogens is 290 g/mol. The molecule has 0 spiro atoms. The molecule has 0 aliphatic rings. The van der Waals surface area contributed by atoms with E-state index in [0.29, 0.717) is 6.42 Å². The van der Waals surface area contributed by atoms with Gasteiger partial charge in [0, 0.05) is 22.8 Å². The lowest BCUT2D eigenvalue weighted by Gasteiger charge is -2.14. The van der Waals surface area contributed by atoms with Crippen LogP contribution < -0.4 is 11.3 Å². The Morgan fingerprint density at radius 2 is 2.50 bits per heavy atom. The van der Waals surface area contributed by atoms with Gasteiger partial charge >= 0.3 is 0 Å². The summed E-state index contributed by atoms with van der Waals surface area (Å²) in [5.41, 5.74) is 2.81. The highest BCUT2D eigenvalue weighted by Crippen LogP contribution is 2.30. The Labute approximate surface area is 106 Å². The molecule has 1 atom stereocenters. The van der Waals surface area contributed by atoms with Gasteiger partial charge in [-0.2, -0.15) is 5.10 Å². The molecule has 0 amide bonds. The predicted molar refractivity (Wildman–Crippen MR) is 66.8 cm³/mol. The Bertz CT molecular complexity index is 466. The number of nitrogens with one attached hydrogen (secondary N) is 1. The van der Waals surface area contributed by atoms with Crippen molar-refractivity contribution in [3.63, 3.8) is 0 Å². The van der Waals surface area contributed by atoms with Crippen LogP contribution in [0.25, 0.3) is 0 Å². The number of hydrazine groups is 1. The van der Waals surface area contributed by atoms with Gasteiger partial charge in [0.2, 0.25) is 0 Å². The molecule has 0 radical (unpaired) electrons. The van der Waals surface area contributed by atoms with Crippen LogP contribution in [-0.4, -0.2) is 14.8 Å². The van der Waals surface area contributed by atoms with E-state index in [2.05, 4.69) is 31.4 Å². The summed E-state index contributed by atoms with van der Waals surface area (Å²) in [6.45, 7) is 0. The number of halogens is 1. The molecule has 16 heavy (non-hydrogen) atoms. The van der Waals surface area contributed by atoms with Gasteiger partial charge in [0.15, 0.2) is 0 Å². The maximum atomic E-state index is 5.58. The van der Waals surface area contributed by atoms with Crippen molar-refractivity contribution < 1.29 is 0 Å². The van der Waals surface area contributed by atoms with Crippen LogP contribution >= 0.6 is 27.3 Å². The van der Waals surface area contributed by atoms with Gasteiger partial charge in [-0.25, -0.2) is 4.98 Å². The van der Waals surface area contributed by atoms with Crippen molar-refractivity contribution in [1.29, 1.82) is 0 Å². The fraction of sp³-hybridized carbons (Fsp3) is 0.333. The summed E-state index contributed by atoms with van der Waals surface area (Å²) in [6, 6.07) is 2.07. The standard InChI is InChI=1S/C9H12BrN5S/c1-15-8(12-5-13-15)4-7(14-11)9-6(10)2-3-16-9/h2-3,5,7,14H,4,11H2,1H3. The van der Waals surface area contributed by atoms with Crippen molar-refractivity contribution in [3.05, 3.63) is 32.9 Å². The first-order valence-electron chi connectivity index (χ1n) is 4.74. The van der Waals surface area contributed by atoms with Gasteiger partial charge in [-0.15, -0.1) is 11.3 Å². The molecule has 5 nitrogen and oxygen atoms in total. The number of aromatic nitrogens is 3. The van der Waals surface area contributed by atoms with E-state index in [4.69, 9.17) is 5.84 Å². The quantitative estimate of drug-likeness (QED) is 0.661. The summed E-state index contributed by atoms with van der Waals surface area (Å²) in [5, 5.41) is 6.06. The number of hydrogen-bond acceptors (Lipinski definition) is 5. The number of aryl methyl sites for hydroxylation is 1. The zero-order chi connectivity index (χ0) is 11.5. The average Bonchev–Trinajstić information content (AvgIpc) is 2.85. The van der Waals surface area contributed by atoms with Crippen LogP contribution in [0.2, 0.25) is 0 Å². The van der Waals surface area contributed by atoms with Gasteiger partial charge in [-0.3, -0.25) is 16.0 Å². The zero-order valence-electron chi connectivity index (χ0n) is 8.72. The van der Waals surface area contributed by atoms with E-state index >= 15 is 0 Å². The van der Waals surface area contributed by atoms with E-state index < -0.39 is 0 Å². The Hall–Kier alpha value is -0.760. The fourth-order valence-corrected chi connectivity index (χ4v) is 3.18. The van der Waals surface area contributed by atoms with Crippen LogP contribution in [0.15, 0.2) is 22.2 Å². The molecule has 86 valence electrons. The highest BCUT2D eigenvalue weighted by molar-refractivity contribution is 9.10. The highest BCUT2D eigenvalue weighted by atomic mass is 79.9. The predicted octanol–water partition coefficient (Wildman–Crippen LogP) is 1.39. The number of thiophene rings is 1. The third-order valence-corrected chi connectivity index (χ3v) is 4.34. The van der Waals surface area contributed by atoms with E-state index in [0.717, 1.165) is 10.3 Å². The van der Waals surface area contributed by atoms with Crippen molar-refractivity contribution in [2.75, 3.05) is 0 Å². The van der Waals surface area contributed by atoms with Crippen molar-refractivity contribution in [3.8, 4) is 0 Å². The van der Waals surface area contributed by atoms with E-state index in [1.54, 1.807) is 22.3 Å². The Morgan fingerprint density at radius 1 is 1.69 bits per heavy atom. The van der Waals surface area contributed by atoms with Crippen LogP contribution in [0.1, 0.15) is 16.7 Å². The second-order valence-corrected chi connectivity index (χ2v) is 5.16. The minimum absolute atomic E-state index is 0.0530. The molecule has 2 aromatic heterocycles. The maximum absolute atomic E-state index is 5.58. The zero-order valence-corrected chi connectivity index (χ0v) is 11.1. The first-order valence-corrected chi connectivity index (χ1v) is 6.41. The topological polar surface area (TPSA) is 68.8 Å². The molecule has 0 fully saturated rings. The summed E-state index contributed by atoms with van der Waals surface area (Å²) in [7, 11) is 1.87. The van der Waals surface area contributed by atoms with Crippen molar-refractivity contribution in [1.82, 2.24) is 20.2 Å². The van der Waals surface area contributed by atoms with Crippen LogP contribution in [0.3, 0.4) is 0 Å². The molecule has 7 heteroatoms. The van der Waals surface area contributed by atoms with Gasteiger partial charge < -0.3 is 0 Å². The lowest BCUT2D eigenvalue weighted by molar-refractivity contribution is 0.529. The number of nitrogens with two attached hydrogens (primary N) is 1. The molecule has 0 saturated carbocycles. The van der Waals surface area contributed by atoms with Crippen LogP contribution in [0.4, 0.5) is 0 Å². The van der Waals surface area contributed by atoms with Crippen LogP contribution in [0.5, 0.6) is 0 Å². The third-order valence-electron chi connectivity index (χ3n) is 2.35. The minimum Gasteiger partial charge on any atom is -0.271 e. The monoisotopic (exact) mass is 301 g/mol. The molecule has 1 unspecified atom stereocenters. The second kappa shape index (κ2) is 5.05. The normalized spacial score (nSPS) is 12.9. The van der Waals surface area contributed by atoms with Crippen LogP contribution in [0, 0.1) is 0 Å². The summed E-state index contributed by atoms with van der Waals surface area (Å²) in [5.74, 6) is 6.48.